The molecule has 1 atom stereocenters. The highest BCUT2D eigenvalue weighted by molar-refractivity contribution is 6.17. The lowest BCUT2D eigenvalue weighted by Gasteiger charge is -2.29. The molecule has 0 fully saturated rings. The maximum Gasteiger partial charge on any atom is 0.417 e. The van der Waals surface area contributed by atoms with Crippen molar-refractivity contribution in [1.82, 2.24) is 5.32 Å². The Kier molecular flexibility index (Phi) is 5.45. The van der Waals surface area contributed by atoms with E-state index in [1.807, 2.05) is 6.92 Å². The molecule has 6 heteroatoms. The molecule has 1 unspecified atom stereocenters. The van der Waals surface area contributed by atoms with Gasteiger partial charge in [0.15, 0.2) is 0 Å². The van der Waals surface area contributed by atoms with Crippen LogP contribution in [-0.2, 0) is 6.18 Å². The average molecular weight is 308 g/mol. The lowest BCUT2D eigenvalue weighted by molar-refractivity contribution is -0.137. The number of alkyl halides is 4. The van der Waals surface area contributed by atoms with Gasteiger partial charge in [-0.1, -0.05) is 19.1 Å². The van der Waals surface area contributed by atoms with E-state index in [2.05, 4.69) is 5.32 Å². The van der Waals surface area contributed by atoms with Gasteiger partial charge >= 0.3 is 6.18 Å². The Morgan fingerprint density at radius 2 is 1.90 bits per heavy atom. The maximum atomic E-state index is 12.9. The summed E-state index contributed by atoms with van der Waals surface area (Å²) in [6.07, 6.45) is -3.48. The minimum atomic E-state index is -4.55. The van der Waals surface area contributed by atoms with Gasteiger partial charge in [-0.25, -0.2) is 0 Å². The molecule has 0 heterocycles. The van der Waals surface area contributed by atoms with E-state index in [0.717, 1.165) is 6.07 Å². The first-order valence-electron chi connectivity index (χ1n) is 6.28. The second kappa shape index (κ2) is 6.48. The molecule has 0 radical (unpaired) electrons. The zero-order valence-corrected chi connectivity index (χ0v) is 12.1. The fourth-order valence-corrected chi connectivity index (χ4v) is 2.22. The van der Waals surface area contributed by atoms with E-state index in [-0.39, 0.29) is 5.56 Å². The van der Waals surface area contributed by atoms with E-state index >= 15 is 0 Å². The van der Waals surface area contributed by atoms with Gasteiger partial charge in [-0.3, -0.25) is 4.79 Å². The van der Waals surface area contributed by atoms with Gasteiger partial charge in [0.05, 0.1) is 11.1 Å². The molecule has 0 bridgehead atoms. The lowest BCUT2D eigenvalue weighted by atomic mass is 9.94. The van der Waals surface area contributed by atoms with Crippen LogP contribution >= 0.6 is 11.6 Å². The number of rotatable bonds is 5. The van der Waals surface area contributed by atoms with E-state index in [9.17, 15) is 18.0 Å². The third kappa shape index (κ3) is 4.13. The smallest absolute Gasteiger partial charge is 0.347 e. The van der Waals surface area contributed by atoms with Crippen molar-refractivity contribution in [3.63, 3.8) is 0 Å². The van der Waals surface area contributed by atoms with Gasteiger partial charge in [0.2, 0.25) is 0 Å². The third-order valence-corrected chi connectivity index (χ3v) is 3.51. The summed E-state index contributed by atoms with van der Waals surface area (Å²) in [5.41, 5.74) is -1.91. The zero-order chi connectivity index (χ0) is 15.4. The Labute approximate surface area is 121 Å². The largest absolute Gasteiger partial charge is 0.417 e. The Bertz CT molecular complexity index is 476. The van der Waals surface area contributed by atoms with Gasteiger partial charge in [-0.2, -0.15) is 13.2 Å². The van der Waals surface area contributed by atoms with Crippen LogP contribution in [0.4, 0.5) is 13.2 Å². The van der Waals surface area contributed by atoms with Gasteiger partial charge < -0.3 is 5.32 Å². The molecule has 0 aliphatic carbocycles. The second-order valence-corrected chi connectivity index (χ2v) is 5.23. The third-order valence-electron chi connectivity index (χ3n) is 3.32. The van der Waals surface area contributed by atoms with E-state index in [4.69, 9.17) is 11.6 Å². The highest BCUT2D eigenvalue weighted by atomic mass is 35.5. The van der Waals surface area contributed by atoms with Crippen molar-refractivity contribution < 1.29 is 18.0 Å². The van der Waals surface area contributed by atoms with Crippen molar-refractivity contribution in [2.24, 2.45) is 0 Å². The van der Waals surface area contributed by atoms with E-state index < -0.39 is 23.2 Å². The zero-order valence-electron chi connectivity index (χ0n) is 11.4. The molecular formula is C14H17ClF3NO. The Hall–Kier alpha value is -1.23. The minimum Gasteiger partial charge on any atom is -0.347 e. The van der Waals surface area contributed by atoms with E-state index in [1.165, 1.54) is 18.2 Å². The van der Waals surface area contributed by atoms with Crippen LogP contribution in [0.5, 0.6) is 0 Å². The number of hydrogen-bond donors (Lipinski definition) is 1. The summed E-state index contributed by atoms with van der Waals surface area (Å²) in [4.78, 5) is 12.1. The molecule has 1 amide bonds. The quantitative estimate of drug-likeness (QED) is 0.810. The van der Waals surface area contributed by atoms with Gasteiger partial charge in [0.1, 0.15) is 0 Å². The van der Waals surface area contributed by atoms with Crippen LogP contribution in [0.25, 0.3) is 0 Å². The molecule has 112 valence electrons. The maximum absolute atomic E-state index is 12.9. The Morgan fingerprint density at radius 3 is 2.40 bits per heavy atom. The SMILES string of the molecule is CCC(C)(CCCl)NC(=O)c1ccccc1C(F)(F)F. The number of nitrogens with one attached hydrogen (secondary N) is 1. The van der Waals surface area contributed by atoms with Crippen LogP contribution in [0.15, 0.2) is 24.3 Å². The Morgan fingerprint density at radius 1 is 1.30 bits per heavy atom. The molecule has 2 nitrogen and oxygen atoms in total. The molecule has 0 aliphatic rings. The van der Waals surface area contributed by atoms with Crippen molar-refractivity contribution in [2.45, 2.75) is 38.4 Å². The predicted octanol–water partition coefficient (Wildman–Crippen LogP) is 4.23. The summed E-state index contributed by atoms with van der Waals surface area (Å²) < 4.78 is 38.6. The van der Waals surface area contributed by atoms with E-state index in [1.54, 1.807) is 6.92 Å². The molecule has 1 N–H and O–H groups in total. The summed E-state index contributed by atoms with van der Waals surface area (Å²) in [7, 11) is 0. The summed E-state index contributed by atoms with van der Waals surface area (Å²) in [6, 6.07) is 4.75. The normalized spacial score (nSPS) is 14.7. The average Bonchev–Trinajstić information content (AvgIpc) is 2.38. The molecule has 0 spiro atoms. The monoisotopic (exact) mass is 307 g/mol. The van der Waals surface area contributed by atoms with Crippen LogP contribution in [-0.4, -0.2) is 17.3 Å². The second-order valence-electron chi connectivity index (χ2n) is 4.85. The molecule has 0 aliphatic heterocycles. The topological polar surface area (TPSA) is 29.1 Å². The molecule has 0 saturated heterocycles. The van der Waals surface area contributed by atoms with Crippen LogP contribution < -0.4 is 5.32 Å². The van der Waals surface area contributed by atoms with Crippen LogP contribution in [0.3, 0.4) is 0 Å². The first kappa shape index (κ1) is 16.8. The number of halogens is 4. The van der Waals surface area contributed by atoms with Crippen LogP contribution in [0, 0.1) is 0 Å². The first-order valence-corrected chi connectivity index (χ1v) is 6.81. The van der Waals surface area contributed by atoms with Crippen molar-refractivity contribution >= 4 is 17.5 Å². The highest BCUT2D eigenvalue weighted by Crippen LogP contribution is 2.32. The van der Waals surface area contributed by atoms with Crippen molar-refractivity contribution in [3.05, 3.63) is 35.4 Å². The fraction of sp³-hybridized carbons (Fsp3) is 0.500. The molecule has 1 aromatic rings. The number of amides is 1. The highest BCUT2D eigenvalue weighted by Gasteiger charge is 2.36. The molecule has 1 aromatic carbocycles. The number of benzene rings is 1. The van der Waals surface area contributed by atoms with Crippen LogP contribution in [0.1, 0.15) is 42.6 Å². The van der Waals surface area contributed by atoms with Gasteiger partial charge in [0.25, 0.3) is 5.91 Å². The minimum absolute atomic E-state index is 0.325. The fourth-order valence-electron chi connectivity index (χ4n) is 1.81. The summed E-state index contributed by atoms with van der Waals surface area (Å²) in [5, 5.41) is 2.65. The van der Waals surface area contributed by atoms with Gasteiger partial charge in [-0.15, -0.1) is 11.6 Å². The van der Waals surface area contributed by atoms with Gasteiger partial charge in [-0.05, 0) is 31.9 Å². The van der Waals surface area contributed by atoms with Crippen LogP contribution in [0.2, 0.25) is 0 Å². The van der Waals surface area contributed by atoms with Crippen molar-refractivity contribution in [1.29, 1.82) is 0 Å². The predicted molar refractivity (Wildman–Crippen MR) is 72.9 cm³/mol. The molecular weight excluding hydrogens is 291 g/mol. The van der Waals surface area contributed by atoms with Gasteiger partial charge in [0, 0.05) is 11.4 Å². The first-order chi connectivity index (χ1) is 9.23. The Balaban J connectivity index is 3.05. The molecule has 0 aromatic heterocycles. The summed E-state index contributed by atoms with van der Waals surface area (Å²) in [6.45, 7) is 3.62. The molecule has 0 saturated carbocycles. The van der Waals surface area contributed by atoms with E-state index in [0.29, 0.717) is 18.7 Å². The standard InChI is InChI=1S/C14H17ClF3NO/c1-3-13(2,8-9-15)19-12(20)10-6-4-5-7-11(10)14(16,17)18/h4-7H,3,8-9H2,1-2H3,(H,19,20). The lowest BCUT2D eigenvalue weighted by Crippen LogP contribution is -2.46. The summed E-state index contributed by atoms with van der Waals surface area (Å²) >= 11 is 5.67. The summed E-state index contributed by atoms with van der Waals surface area (Å²) in [5.74, 6) is -0.404. The van der Waals surface area contributed by atoms with Crippen molar-refractivity contribution in [3.8, 4) is 0 Å². The molecule has 20 heavy (non-hydrogen) atoms. The number of carbonyl (C=O) groups is 1. The number of hydrogen-bond acceptors (Lipinski definition) is 1. The number of carbonyl (C=O) groups excluding carboxylic acids is 1. The van der Waals surface area contributed by atoms with Crippen molar-refractivity contribution in [2.75, 3.05) is 5.88 Å². The molecule has 1 rings (SSSR count).